The van der Waals surface area contributed by atoms with Gasteiger partial charge in [0, 0.05) is 31.6 Å². The molecule has 36 heavy (non-hydrogen) atoms. The molecule has 2 heterocycles. The normalized spacial score (nSPS) is 24.4. The molecule has 0 radical (unpaired) electrons. The van der Waals surface area contributed by atoms with Crippen LogP contribution in [0.4, 0.5) is 10.1 Å². The molecule has 2 N–H and O–H groups in total. The van der Waals surface area contributed by atoms with Crippen molar-refractivity contribution in [2.75, 3.05) is 30.8 Å². The zero-order chi connectivity index (χ0) is 25.9. The second-order valence-electron chi connectivity index (χ2n) is 10.5. The van der Waals surface area contributed by atoms with Crippen LogP contribution < -0.4 is 10.6 Å². The summed E-state index contributed by atoms with van der Waals surface area (Å²) in [6.07, 6.45) is 5.48. The van der Waals surface area contributed by atoms with Crippen LogP contribution in [0.25, 0.3) is 0 Å². The number of amides is 2. The SMILES string of the molecule is CC(=O)Nc1ccc(CCS(=O)(=O)N2CCC3(CC2)N=C(C2CCC(CCF)CC2)NC3=O)c(C)c1. The number of hydrogen-bond donors (Lipinski definition) is 2. The van der Waals surface area contributed by atoms with Crippen molar-refractivity contribution in [1.29, 1.82) is 0 Å². The molecule has 1 spiro atoms. The topological polar surface area (TPSA) is 108 Å². The van der Waals surface area contributed by atoms with E-state index in [2.05, 4.69) is 10.6 Å². The van der Waals surface area contributed by atoms with Gasteiger partial charge in [-0.05, 0) is 87.5 Å². The smallest absolute Gasteiger partial charge is 0.253 e. The van der Waals surface area contributed by atoms with Gasteiger partial charge in [-0.3, -0.25) is 19.0 Å². The third kappa shape index (κ3) is 5.96. The lowest BCUT2D eigenvalue weighted by atomic mass is 9.80. The van der Waals surface area contributed by atoms with Crippen LogP contribution in [0.15, 0.2) is 23.2 Å². The van der Waals surface area contributed by atoms with Gasteiger partial charge < -0.3 is 10.6 Å². The number of hydrogen-bond acceptors (Lipinski definition) is 5. The number of piperidine rings is 1. The quantitative estimate of drug-likeness (QED) is 0.548. The maximum atomic E-state index is 13.1. The summed E-state index contributed by atoms with van der Waals surface area (Å²) in [7, 11) is -3.48. The maximum absolute atomic E-state index is 13.1. The second-order valence-corrected chi connectivity index (χ2v) is 12.6. The highest BCUT2D eigenvalue weighted by Crippen LogP contribution is 2.36. The minimum absolute atomic E-state index is 0.0108. The fourth-order valence-electron chi connectivity index (χ4n) is 5.71. The summed E-state index contributed by atoms with van der Waals surface area (Å²) in [6.45, 7) is 3.62. The van der Waals surface area contributed by atoms with E-state index < -0.39 is 15.6 Å². The van der Waals surface area contributed by atoms with E-state index in [1.165, 1.54) is 11.2 Å². The predicted molar refractivity (Wildman–Crippen MR) is 138 cm³/mol. The van der Waals surface area contributed by atoms with E-state index in [9.17, 15) is 22.4 Å². The number of carbonyl (C=O) groups is 2. The minimum atomic E-state index is -3.48. The van der Waals surface area contributed by atoms with Crippen molar-refractivity contribution >= 4 is 33.4 Å². The zero-order valence-corrected chi connectivity index (χ0v) is 22.0. The van der Waals surface area contributed by atoms with Gasteiger partial charge in [-0.1, -0.05) is 6.07 Å². The van der Waals surface area contributed by atoms with Gasteiger partial charge in [0.25, 0.3) is 5.91 Å². The number of benzene rings is 1. The second kappa shape index (κ2) is 11.0. The lowest BCUT2D eigenvalue weighted by Crippen LogP contribution is -2.51. The number of aliphatic imine (C=N–C) groups is 1. The monoisotopic (exact) mass is 520 g/mol. The van der Waals surface area contributed by atoms with E-state index in [-0.39, 0.29) is 43.2 Å². The van der Waals surface area contributed by atoms with Gasteiger partial charge in [0.1, 0.15) is 11.4 Å². The number of sulfonamides is 1. The highest BCUT2D eigenvalue weighted by molar-refractivity contribution is 7.89. The Bertz CT molecular complexity index is 1120. The molecule has 2 aliphatic heterocycles. The van der Waals surface area contributed by atoms with Gasteiger partial charge in [-0.2, -0.15) is 0 Å². The summed E-state index contributed by atoms with van der Waals surface area (Å²) in [5.41, 5.74) is 1.67. The van der Waals surface area contributed by atoms with E-state index in [1.807, 2.05) is 19.1 Å². The molecule has 0 aromatic heterocycles. The van der Waals surface area contributed by atoms with Crippen LogP contribution in [-0.2, 0) is 26.0 Å². The number of carbonyl (C=O) groups excluding carboxylic acids is 2. The van der Waals surface area contributed by atoms with Crippen molar-refractivity contribution in [3.8, 4) is 0 Å². The number of rotatable bonds is 8. The molecule has 1 aromatic rings. The Kier molecular flexibility index (Phi) is 8.14. The Morgan fingerprint density at radius 1 is 1.22 bits per heavy atom. The third-order valence-corrected chi connectivity index (χ3v) is 9.86. The Morgan fingerprint density at radius 2 is 1.92 bits per heavy atom. The highest BCUT2D eigenvalue weighted by atomic mass is 32.2. The van der Waals surface area contributed by atoms with Gasteiger partial charge in [0.05, 0.1) is 12.4 Å². The number of nitrogens with zero attached hydrogens (tertiary/aromatic N) is 2. The van der Waals surface area contributed by atoms with E-state index in [4.69, 9.17) is 4.99 Å². The molecule has 3 aliphatic rings. The number of amidine groups is 1. The Hall–Kier alpha value is -2.33. The first kappa shape index (κ1) is 26.7. The molecule has 198 valence electrons. The van der Waals surface area contributed by atoms with Crippen LogP contribution >= 0.6 is 0 Å². The fraction of sp³-hybridized carbons (Fsp3) is 0.654. The van der Waals surface area contributed by atoms with Crippen molar-refractivity contribution in [3.63, 3.8) is 0 Å². The number of aryl methyl sites for hydroxylation is 2. The highest BCUT2D eigenvalue weighted by Gasteiger charge is 2.48. The molecule has 0 unspecified atom stereocenters. The number of nitrogens with one attached hydrogen (secondary N) is 2. The fourth-order valence-corrected chi connectivity index (χ4v) is 7.19. The van der Waals surface area contributed by atoms with Crippen molar-refractivity contribution < 1.29 is 22.4 Å². The Balaban J connectivity index is 1.33. The van der Waals surface area contributed by atoms with Gasteiger partial charge in [0.15, 0.2) is 0 Å². The summed E-state index contributed by atoms with van der Waals surface area (Å²) in [6, 6.07) is 5.48. The number of alkyl halides is 1. The molecule has 2 fully saturated rings. The molecule has 1 aliphatic carbocycles. The van der Waals surface area contributed by atoms with E-state index in [0.29, 0.717) is 37.3 Å². The summed E-state index contributed by atoms with van der Waals surface area (Å²) in [5, 5.41) is 5.73. The molecule has 1 saturated heterocycles. The lowest BCUT2D eigenvalue weighted by Gasteiger charge is -2.34. The summed E-state index contributed by atoms with van der Waals surface area (Å²) >= 11 is 0. The van der Waals surface area contributed by atoms with Crippen LogP contribution in [0.1, 0.15) is 63.0 Å². The van der Waals surface area contributed by atoms with Crippen LogP contribution in [0.3, 0.4) is 0 Å². The van der Waals surface area contributed by atoms with Crippen LogP contribution in [0, 0.1) is 18.8 Å². The summed E-state index contributed by atoms with van der Waals surface area (Å²) in [4.78, 5) is 29.0. The molecule has 4 rings (SSSR count). The molecule has 1 aromatic carbocycles. The standard InChI is InChI=1S/C26H37FN4O4S/c1-18-17-23(28-19(2)32)8-7-21(18)10-16-36(34,35)31-14-11-26(12-15-31)25(33)29-24(30-26)22-5-3-20(4-6-22)9-13-27/h7-8,17,20,22H,3-6,9-16H2,1-2H3,(H,28,32)(H,29,30,33). The molecule has 0 atom stereocenters. The summed E-state index contributed by atoms with van der Waals surface area (Å²) < 4.78 is 40.3. The van der Waals surface area contributed by atoms with Crippen molar-refractivity contribution in [3.05, 3.63) is 29.3 Å². The van der Waals surface area contributed by atoms with Crippen LogP contribution in [0.5, 0.6) is 0 Å². The first-order valence-corrected chi connectivity index (χ1v) is 14.5. The van der Waals surface area contributed by atoms with Crippen molar-refractivity contribution in [2.24, 2.45) is 16.8 Å². The third-order valence-electron chi connectivity index (χ3n) is 7.98. The first-order valence-electron chi connectivity index (χ1n) is 12.9. The van der Waals surface area contributed by atoms with E-state index in [0.717, 1.165) is 42.6 Å². The van der Waals surface area contributed by atoms with Gasteiger partial charge in [-0.15, -0.1) is 0 Å². The number of anilines is 1. The van der Waals surface area contributed by atoms with Crippen LogP contribution in [0.2, 0.25) is 0 Å². The number of halogens is 1. The molecular weight excluding hydrogens is 483 g/mol. The molecular formula is C26H37FN4O4S. The van der Waals surface area contributed by atoms with Crippen LogP contribution in [-0.4, -0.2) is 61.4 Å². The molecule has 10 heteroatoms. The first-order chi connectivity index (χ1) is 17.1. The largest absolute Gasteiger partial charge is 0.326 e. The lowest BCUT2D eigenvalue weighted by molar-refractivity contribution is -0.125. The van der Waals surface area contributed by atoms with Gasteiger partial charge >= 0.3 is 0 Å². The zero-order valence-electron chi connectivity index (χ0n) is 21.2. The molecule has 1 saturated carbocycles. The predicted octanol–water partition coefficient (Wildman–Crippen LogP) is 3.35. The molecule has 8 nitrogen and oxygen atoms in total. The van der Waals surface area contributed by atoms with Gasteiger partial charge in [-0.25, -0.2) is 12.7 Å². The van der Waals surface area contributed by atoms with Crippen molar-refractivity contribution in [1.82, 2.24) is 9.62 Å². The Morgan fingerprint density at radius 3 is 2.53 bits per heavy atom. The molecule has 0 bridgehead atoms. The molecule has 2 amide bonds. The van der Waals surface area contributed by atoms with E-state index >= 15 is 0 Å². The summed E-state index contributed by atoms with van der Waals surface area (Å²) in [5.74, 6) is 1.09. The Labute approximate surface area is 213 Å². The maximum Gasteiger partial charge on any atom is 0.253 e. The van der Waals surface area contributed by atoms with Gasteiger partial charge in [0.2, 0.25) is 15.9 Å². The average Bonchev–Trinajstić information content (AvgIpc) is 3.14. The van der Waals surface area contributed by atoms with E-state index in [1.54, 1.807) is 6.07 Å². The average molecular weight is 521 g/mol. The minimum Gasteiger partial charge on any atom is -0.326 e. The van der Waals surface area contributed by atoms with Crippen molar-refractivity contribution in [2.45, 2.75) is 70.8 Å².